The minimum absolute atomic E-state index is 0. The largest absolute Gasteiger partial charge is 1.00 e. The number of rotatable bonds is 2. The van der Waals surface area contributed by atoms with Crippen molar-refractivity contribution in [2.75, 3.05) is 0 Å². The van der Waals surface area contributed by atoms with Gasteiger partial charge < -0.3 is 10.2 Å². The average molecular weight is 168 g/mol. The maximum Gasteiger partial charge on any atom is 1.00 e. The number of carboxylic acids is 2. The Labute approximate surface area is 71.0 Å². The minimum atomic E-state index is -1.23. The molecule has 0 spiro atoms. The lowest BCUT2D eigenvalue weighted by Crippen LogP contribution is -2.06. The number of benzene rings is 1. The molecule has 0 unspecified atom stereocenters. The van der Waals surface area contributed by atoms with Crippen molar-refractivity contribution in [2.45, 2.75) is 0 Å². The number of carboxylic acid groups (broad SMARTS) is 2. The number of hydrogen-bond donors (Lipinski definition) is 2. The van der Waals surface area contributed by atoms with E-state index in [4.69, 9.17) is 10.2 Å². The summed E-state index contributed by atoms with van der Waals surface area (Å²) in [6.07, 6.45) is 0. The summed E-state index contributed by atoms with van der Waals surface area (Å²) in [4.78, 5) is 20.9. The van der Waals surface area contributed by atoms with E-state index < -0.39 is 11.9 Å². The Morgan fingerprint density at radius 3 is 1.58 bits per heavy atom. The lowest BCUT2D eigenvalue weighted by atomic mass is 10.1. The zero-order valence-electron chi connectivity index (χ0n) is 8.02. The molecule has 0 saturated heterocycles. The predicted octanol–water partition coefficient (Wildman–Crippen LogP) is 1.31. The molecule has 0 fully saturated rings. The molecule has 1 aromatic rings. The van der Waals surface area contributed by atoms with E-state index in [0.717, 1.165) is 0 Å². The van der Waals surface area contributed by atoms with Crippen LogP contribution >= 0.6 is 0 Å². The smallest absolute Gasteiger partial charge is 0.478 e. The standard InChI is InChI=1S/C8H6O4/c9-7(10)5-3-1-2-4-6(5)8(11)12/h1-4H,(H,9,10)(H,11,12)/p+2. The molecule has 1 aromatic carbocycles. The number of carbonyl (C=O) groups is 2. The second-order valence-electron chi connectivity index (χ2n) is 2.16. The summed E-state index contributed by atoms with van der Waals surface area (Å²) in [7, 11) is 0. The molecular weight excluding hydrogens is 160 g/mol. The van der Waals surface area contributed by atoms with E-state index in [-0.39, 0.29) is 14.0 Å². The van der Waals surface area contributed by atoms with Crippen LogP contribution in [0.25, 0.3) is 0 Å². The molecule has 0 aliphatic carbocycles. The molecule has 0 saturated carbocycles. The lowest BCUT2D eigenvalue weighted by Gasteiger charge is -1.98. The van der Waals surface area contributed by atoms with Gasteiger partial charge in [-0.1, -0.05) is 12.1 Å². The Hall–Kier alpha value is -1.84. The average Bonchev–Trinajstić information content (AvgIpc) is 2.04. The molecule has 12 heavy (non-hydrogen) atoms. The summed E-state index contributed by atoms with van der Waals surface area (Å²) >= 11 is 0. The third-order valence-corrected chi connectivity index (χ3v) is 1.39. The van der Waals surface area contributed by atoms with Gasteiger partial charge in [-0.15, -0.1) is 0 Å². The van der Waals surface area contributed by atoms with E-state index in [9.17, 15) is 9.59 Å². The molecule has 4 heteroatoms. The molecule has 0 aliphatic rings. The van der Waals surface area contributed by atoms with Crippen molar-refractivity contribution in [1.82, 2.24) is 0 Å². The minimum Gasteiger partial charge on any atom is -0.478 e. The van der Waals surface area contributed by atoms with Gasteiger partial charge in [-0.05, 0) is 12.1 Å². The van der Waals surface area contributed by atoms with E-state index in [0.29, 0.717) is 0 Å². The first-order chi connectivity index (χ1) is 5.63. The second kappa shape index (κ2) is 3.04. The van der Waals surface area contributed by atoms with Crippen LogP contribution < -0.4 is 0 Å². The van der Waals surface area contributed by atoms with Crippen molar-refractivity contribution in [1.29, 1.82) is 0 Å². The van der Waals surface area contributed by atoms with Crippen molar-refractivity contribution < 1.29 is 22.7 Å². The summed E-state index contributed by atoms with van der Waals surface area (Å²) in [5, 5.41) is 17.1. The van der Waals surface area contributed by atoms with Crippen molar-refractivity contribution in [3.63, 3.8) is 0 Å². The highest BCUT2D eigenvalue weighted by Gasteiger charge is 2.13. The zero-order valence-corrected chi connectivity index (χ0v) is 6.02. The highest BCUT2D eigenvalue weighted by atomic mass is 16.4. The van der Waals surface area contributed by atoms with Gasteiger partial charge in [-0.2, -0.15) is 0 Å². The van der Waals surface area contributed by atoms with Crippen LogP contribution in [0.3, 0.4) is 0 Å². The van der Waals surface area contributed by atoms with Crippen LogP contribution in [0.15, 0.2) is 24.3 Å². The van der Waals surface area contributed by atoms with Gasteiger partial charge in [0.15, 0.2) is 0 Å². The van der Waals surface area contributed by atoms with Gasteiger partial charge in [0, 0.05) is 0 Å². The Morgan fingerprint density at radius 2 is 1.33 bits per heavy atom. The van der Waals surface area contributed by atoms with Crippen molar-refractivity contribution >= 4 is 11.9 Å². The van der Waals surface area contributed by atoms with Crippen LogP contribution in [0.1, 0.15) is 23.6 Å². The van der Waals surface area contributed by atoms with E-state index in [1.54, 1.807) is 0 Å². The van der Waals surface area contributed by atoms with Gasteiger partial charge in [0.05, 0.1) is 11.1 Å². The highest BCUT2D eigenvalue weighted by Crippen LogP contribution is 2.07. The highest BCUT2D eigenvalue weighted by molar-refractivity contribution is 6.01. The topological polar surface area (TPSA) is 74.6 Å². The number of aromatic carboxylic acids is 2. The summed E-state index contributed by atoms with van der Waals surface area (Å²) in [6, 6.07) is 5.48. The van der Waals surface area contributed by atoms with Crippen molar-refractivity contribution in [3.05, 3.63) is 35.4 Å². The fraction of sp³-hybridized carbons (Fsp3) is 0. The van der Waals surface area contributed by atoms with Crippen LogP contribution in [-0.4, -0.2) is 22.2 Å². The fourth-order valence-corrected chi connectivity index (χ4v) is 0.856. The maximum absolute atomic E-state index is 10.5. The summed E-state index contributed by atoms with van der Waals surface area (Å²) in [6.45, 7) is 0. The van der Waals surface area contributed by atoms with Gasteiger partial charge in [-0.3, -0.25) is 0 Å². The second-order valence-corrected chi connectivity index (χ2v) is 2.16. The summed E-state index contributed by atoms with van der Waals surface area (Å²) in [5.74, 6) is -2.46. The molecule has 62 valence electrons. The van der Waals surface area contributed by atoms with Crippen molar-refractivity contribution in [2.24, 2.45) is 0 Å². The Morgan fingerprint density at radius 1 is 1.00 bits per heavy atom. The van der Waals surface area contributed by atoms with E-state index in [1.165, 1.54) is 24.3 Å². The van der Waals surface area contributed by atoms with Gasteiger partial charge in [-0.25, -0.2) is 9.59 Å². The molecule has 0 heterocycles. The van der Waals surface area contributed by atoms with Crippen LogP contribution in [0.5, 0.6) is 0 Å². The Bertz CT molecular complexity index is 305. The summed E-state index contributed by atoms with van der Waals surface area (Å²) in [5.41, 5.74) is -0.380. The van der Waals surface area contributed by atoms with Gasteiger partial charge in [0.25, 0.3) is 0 Å². The molecule has 0 aliphatic heterocycles. The molecule has 0 atom stereocenters. The summed E-state index contributed by atoms with van der Waals surface area (Å²) < 4.78 is 0. The third-order valence-electron chi connectivity index (χ3n) is 1.39. The zero-order chi connectivity index (χ0) is 9.14. The SMILES string of the molecule is O=C(O)c1ccccc1C(=O)O.[H+].[H+]. The first-order valence-corrected chi connectivity index (χ1v) is 3.18. The first-order valence-electron chi connectivity index (χ1n) is 3.18. The quantitative estimate of drug-likeness (QED) is 0.698. The molecule has 0 radical (unpaired) electrons. The van der Waals surface area contributed by atoms with Crippen molar-refractivity contribution in [3.8, 4) is 0 Å². The molecule has 1 rings (SSSR count). The number of hydrogen-bond acceptors (Lipinski definition) is 2. The van der Waals surface area contributed by atoms with Gasteiger partial charge in [0.1, 0.15) is 0 Å². The van der Waals surface area contributed by atoms with Crippen LogP contribution in [0, 0.1) is 0 Å². The molecule has 2 N–H and O–H groups in total. The monoisotopic (exact) mass is 168 g/mol. The predicted molar refractivity (Wildman–Crippen MR) is 42.6 cm³/mol. The van der Waals surface area contributed by atoms with Crippen LogP contribution in [-0.2, 0) is 0 Å². The van der Waals surface area contributed by atoms with Crippen LogP contribution in [0.4, 0.5) is 0 Å². The molecule has 0 amide bonds. The normalized spacial score (nSPS) is 9.33. The van der Waals surface area contributed by atoms with E-state index in [2.05, 4.69) is 0 Å². The maximum atomic E-state index is 10.5. The third kappa shape index (κ3) is 1.42. The lowest BCUT2D eigenvalue weighted by molar-refractivity contribution is 0.0651. The van der Waals surface area contributed by atoms with E-state index >= 15 is 0 Å². The van der Waals surface area contributed by atoms with Crippen LogP contribution in [0.2, 0.25) is 0 Å². The Balaban J connectivity index is 0. The fourth-order valence-electron chi connectivity index (χ4n) is 0.856. The van der Waals surface area contributed by atoms with E-state index in [1.807, 2.05) is 0 Å². The first kappa shape index (κ1) is 8.26. The molecule has 0 bridgehead atoms. The van der Waals surface area contributed by atoms with Gasteiger partial charge in [0.2, 0.25) is 0 Å². The van der Waals surface area contributed by atoms with Gasteiger partial charge >= 0.3 is 14.8 Å². The Kier molecular flexibility index (Phi) is 2.09. The molecule has 4 nitrogen and oxygen atoms in total. The molecular formula is C8H8O4+2. The molecule has 0 aromatic heterocycles.